The molecule has 2 aliphatic rings. The summed E-state index contributed by atoms with van der Waals surface area (Å²) >= 11 is 6.23. The second kappa shape index (κ2) is 5.28. The number of nitrogens with one attached hydrogen (secondary N) is 1. The lowest BCUT2D eigenvalue weighted by atomic mass is 10.1. The van der Waals surface area contributed by atoms with Gasteiger partial charge in [-0.15, -0.1) is 0 Å². The molecule has 0 amide bonds. The van der Waals surface area contributed by atoms with Gasteiger partial charge in [-0.25, -0.2) is 4.99 Å². The fourth-order valence-corrected chi connectivity index (χ4v) is 3.36. The summed E-state index contributed by atoms with van der Waals surface area (Å²) in [5.41, 5.74) is 2.13. The first-order valence-electron chi connectivity index (χ1n) is 7.44. The summed E-state index contributed by atoms with van der Waals surface area (Å²) in [6.07, 6.45) is 3.53. The van der Waals surface area contributed by atoms with Crippen LogP contribution in [0.5, 0.6) is 0 Å². The van der Waals surface area contributed by atoms with Gasteiger partial charge in [-0.3, -0.25) is 10.1 Å². The van der Waals surface area contributed by atoms with Crippen molar-refractivity contribution in [1.29, 1.82) is 0 Å². The molecule has 1 aromatic carbocycles. The van der Waals surface area contributed by atoms with Gasteiger partial charge in [-0.1, -0.05) is 11.6 Å². The van der Waals surface area contributed by atoms with Crippen LogP contribution in [0.25, 0.3) is 10.9 Å². The lowest BCUT2D eigenvalue weighted by Crippen LogP contribution is -2.50. The van der Waals surface area contributed by atoms with E-state index >= 15 is 0 Å². The van der Waals surface area contributed by atoms with E-state index in [2.05, 4.69) is 36.9 Å². The Morgan fingerprint density at radius 1 is 1.18 bits per heavy atom. The largest absolute Gasteiger partial charge is 0.367 e. The average Bonchev–Trinajstić information content (AvgIpc) is 3.15. The molecule has 2 aliphatic heterocycles. The third-order valence-electron chi connectivity index (χ3n) is 4.30. The number of H-pyrrole nitrogens is 1. The van der Waals surface area contributed by atoms with E-state index in [1.165, 1.54) is 0 Å². The number of rotatable bonds is 1. The summed E-state index contributed by atoms with van der Waals surface area (Å²) in [5, 5.41) is 8.97. The number of hydrogen-bond acceptors (Lipinski definition) is 5. The van der Waals surface area contributed by atoms with Crippen LogP contribution in [0, 0.1) is 0 Å². The Morgan fingerprint density at radius 2 is 1.95 bits per heavy atom. The maximum atomic E-state index is 6.23. The molecule has 4 rings (SSSR count). The normalized spacial score (nSPS) is 21.7. The first-order valence-corrected chi connectivity index (χ1v) is 7.82. The van der Waals surface area contributed by atoms with E-state index < -0.39 is 0 Å². The van der Waals surface area contributed by atoms with Gasteiger partial charge >= 0.3 is 0 Å². The molecule has 0 radical (unpaired) electrons. The zero-order chi connectivity index (χ0) is 15.1. The smallest absolute Gasteiger partial charge is 0.131 e. The topological polar surface area (TPSA) is 59.9 Å². The summed E-state index contributed by atoms with van der Waals surface area (Å²) < 4.78 is 0. The van der Waals surface area contributed by atoms with Crippen LogP contribution in [0.2, 0.25) is 5.02 Å². The minimum atomic E-state index is 0.179. The van der Waals surface area contributed by atoms with E-state index in [1.807, 2.05) is 18.3 Å². The number of anilines is 1. The van der Waals surface area contributed by atoms with Crippen molar-refractivity contribution >= 4 is 40.4 Å². The minimum Gasteiger partial charge on any atom is -0.367 e. The third kappa shape index (κ3) is 2.23. The summed E-state index contributed by atoms with van der Waals surface area (Å²) in [6.45, 7) is 5.84. The highest BCUT2D eigenvalue weighted by Crippen LogP contribution is 2.30. The molecule has 6 nitrogen and oxygen atoms in total. The zero-order valence-electron chi connectivity index (χ0n) is 12.3. The number of nitrogens with zero attached hydrogens (tertiary/aromatic N) is 5. The van der Waals surface area contributed by atoms with E-state index in [4.69, 9.17) is 11.6 Å². The summed E-state index contributed by atoms with van der Waals surface area (Å²) in [6, 6.07) is 4.11. The predicted octanol–water partition coefficient (Wildman–Crippen LogP) is 2.17. The van der Waals surface area contributed by atoms with Crippen LogP contribution in [0.3, 0.4) is 0 Å². The number of fused-ring (bicyclic) bond motifs is 1. The third-order valence-corrected chi connectivity index (χ3v) is 4.52. The SMILES string of the molecule is CC1N=CN=C1N1CCN(c2cc(Cl)cc3[nH]ncc23)CC1. The first-order chi connectivity index (χ1) is 10.7. The van der Waals surface area contributed by atoms with E-state index in [0.29, 0.717) is 0 Å². The highest BCUT2D eigenvalue weighted by molar-refractivity contribution is 6.31. The number of hydrogen-bond donors (Lipinski definition) is 1. The Kier molecular flexibility index (Phi) is 3.26. The molecule has 0 saturated carbocycles. The van der Waals surface area contributed by atoms with Crippen molar-refractivity contribution in [1.82, 2.24) is 15.1 Å². The number of benzene rings is 1. The highest BCUT2D eigenvalue weighted by Gasteiger charge is 2.25. The van der Waals surface area contributed by atoms with E-state index in [9.17, 15) is 0 Å². The van der Waals surface area contributed by atoms with Gasteiger partial charge in [0.05, 0.1) is 11.7 Å². The molecular formula is C15H17ClN6. The molecule has 22 heavy (non-hydrogen) atoms. The van der Waals surface area contributed by atoms with Crippen LogP contribution in [0.15, 0.2) is 28.3 Å². The van der Waals surface area contributed by atoms with Crippen LogP contribution in [-0.2, 0) is 0 Å². The monoisotopic (exact) mass is 316 g/mol. The van der Waals surface area contributed by atoms with Crippen LogP contribution in [0.4, 0.5) is 5.69 Å². The molecule has 0 spiro atoms. The molecule has 1 fully saturated rings. The molecule has 1 unspecified atom stereocenters. The van der Waals surface area contributed by atoms with Gasteiger partial charge < -0.3 is 9.80 Å². The quantitative estimate of drug-likeness (QED) is 0.877. The first kappa shape index (κ1) is 13.6. The second-order valence-corrected chi connectivity index (χ2v) is 6.09. The van der Waals surface area contributed by atoms with Crippen molar-refractivity contribution in [2.75, 3.05) is 31.1 Å². The van der Waals surface area contributed by atoms with Crippen molar-refractivity contribution in [3.63, 3.8) is 0 Å². The Hall–Kier alpha value is -2.08. The second-order valence-electron chi connectivity index (χ2n) is 5.66. The van der Waals surface area contributed by atoms with Gasteiger partial charge in [0.25, 0.3) is 0 Å². The molecular weight excluding hydrogens is 300 g/mol. The molecule has 1 saturated heterocycles. The van der Waals surface area contributed by atoms with Crippen molar-refractivity contribution in [2.45, 2.75) is 13.0 Å². The number of aromatic nitrogens is 2. The zero-order valence-corrected chi connectivity index (χ0v) is 13.1. The fourth-order valence-electron chi connectivity index (χ4n) is 3.15. The molecule has 1 aromatic heterocycles. The molecule has 114 valence electrons. The fraction of sp³-hybridized carbons (Fsp3) is 0.400. The van der Waals surface area contributed by atoms with Crippen LogP contribution in [0.1, 0.15) is 6.92 Å². The van der Waals surface area contributed by atoms with Crippen LogP contribution >= 0.6 is 11.6 Å². The van der Waals surface area contributed by atoms with Gasteiger partial charge in [0.15, 0.2) is 0 Å². The number of halogens is 1. The molecule has 0 aliphatic carbocycles. The lowest BCUT2D eigenvalue weighted by Gasteiger charge is -2.38. The van der Waals surface area contributed by atoms with Crippen LogP contribution in [-0.4, -0.2) is 59.5 Å². The van der Waals surface area contributed by atoms with Gasteiger partial charge in [0, 0.05) is 42.3 Å². The standard InChI is InChI=1S/C15H17ClN6/c1-10-15(18-9-17-10)22-4-2-21(3-5-22)14-7-11(16)6-13-12(14)8-19-20-13/h6-10H,2-5H2,1H3,(H,19,20). The van der Waals surface area contributed by atoms with Crippen molar-refractivity contribution < 1.29 is 0 Å². The van der Waals surface area contributed by atoms with Gasteiger partial charge in [-0.05, 0) is 19.1 Å². The molecule has 0 bridgehead atoms. The minimum absolute atomic E-state index is 0.179. The van der Waals surface area contributed by atoms with E-state index in [1.54, 1.807) is 6.34 Å². The van der Waals surface area contributed by atoms with Crippen molar-refractivity contribution in [3.05, 3.63) is 23.4 Å². The Labute approximate surface area is 133 Å². The number of aromatic amines is 1. The Bertz CT molecular complexity index is 756. The molecule has 2 aromatic rings. The maximum Gasteiger partial charge on any atom is 0.131 e. The average molecular weight is 317 g/mol. The van der Waals surface area contributed by atoms with E-state index in [-0.39, 0.29) is 6.04 Å². The van der Waals surface area contributed by atoms with Gasteiger partial charge in [0.2, 0.25) is 0 Å². The van der Waals surface area contributed by atoms with Gasteiger partial charge in [-0.2, -0.15) is 5.10 Å². The summed E-state index contributed by atoms with van der Waals surface area (Å²) in [5.74, 6) is 1.08. The Morgan fingerprint density at radius 3 is 2.68 bits per heavy atom. The van der Waals surface area contributed by atoms with Crippen molar-refractivity contribution in [2.24, 2.45) is 9.98 Å². The molecule has 1 atom stereocenters. The summed E-state index contributed by atoms with van der Waals surface area (Å²) in [7, 11) is 0. The predicted molar refractivity (Wildman–Crippen MR) is 90.3 cm³/mol. The maximum absolute atomic E-state index is 6.23. The van der Waals surface area contributed by atoms with Crippen LogP contribution < -0.4 is 4.90 Å². The number of piperazine rings is 1. The molecule has 3 heterocycles. The molecule has 7 heteroatoms. The van der Waals surface area contributed by atoms with Crippen molar-refractivity contribution in [3.8, 4) is 0 Å². The summed E-state index contributed by atoms with van der Waals surface area (Å²) in [4.78, 5) is 13.4. The molecule has 1 N–H and O–H groups in total. The Balaban J connectivity index is 1.55. The highest BCUT2D eigenvalue weighted by atomic mass is 35.5. The number of aliphatic imine (C=N–C) groups is 2. The number of amidine groups is 1. The van der Waals surface area contributed by atoms with E-state index in [0.717, 1.165) is 53.6 Å². The lowest BCUT2D eigenvalue weighted by molar-refractivity contribution is 0.378. The van der Waals surface area contributed by atoms with Gasteiger partial charge in [0.1, 0.15) is 18.2 Å².